The molecule has 0 saturated heterocycles. The molecule has 1 aliphatic rings. The first-order chi connectivity index (χ1) is 24.0. The smallest absolute Gasteiger partial charge is 0.338 e. The summed E-state index contributed by atoms with van der Waals surface area (Å²) >= 11 is 0. The predicted octanol–water partition coefficient (Wildman–Crippen LogP) is 7.13. The van der Waals surface area contributed by atoms with Gasteiger partial charge in [0.05, 0.1) is 29.0 Å². The molecule has 1 aromatic heterocycles. The number of amides is 1. The van der Waals surface area contributed by atoms with E-state index >= 15 is 0 Å². The van der Waals surface area contributed by atoms with Crippen molar-refractivity contribution in [3.05, 3.63) is 118 Å². The van der Waals surface area contributed by atoms with Crippen molar-refractivity contribution in [2.24, 2.45) is 5.92 Å². The number of nitrogens with zero attached hydrogens (tertiary/aromatic N) is 3. The molecule has 0 aliphatic heterocycles. The average molecular weight is 696 g/mol. The van der Waals surface area contributed by atoms with Crippen LogP contribution in [0.25, 0.3) is 22.8 Å². The van der Waals surface area contributed by atoms with E-state index in [2.05, 4.69) is 38.9 Å². The zero-order chi connectivity index (χ0) is 35.8. The summed E-state index contributed by atoms with van der Waals surface area (Å²) in [6, 6.07) is 19.5. The number of anilines is 2. The van der Waals surface area contributed by atoms with Gasteiger partial charge in [-0.15, -0.1) is 0 Å². The molecule has 2 N–H and O–H groups in total. The van der Waals surface area contributed by atoms with E-state index in [1.807, 2.05) is 37.4 Å². The minimum atomic E-state index is -4.07. The third-order valence-corrected chi connectivity index (χ3v) is 9.88. The highest BCUT2D eigenvalue weighted by Gasteiger charge is 2.24. The van der Waals surface area contributed by atoms with Crippen molar-refractivity contribution in [3.8, 4) is 22.8 Å². The molecule has 1 aliphatic carbocycles. The quantitative estimate of drug-likeness (QED) is 0.139. The van der Waals surface area contributed by atoms with E-state index in [9.17, 15) is 18.0 Å². The average Bonchev–Trinajstić information content (AvgIpc) is 3.50. The van der Waals surface area contributed by atoms with Crippen LogP contribution in [0, 0.1) is 5.92 Å². The van der Waals surface area contributed by atoms with Crippen LogP contribution in [0.3, 0.4) is 0 Å². The van der Waals surface area contributed by atoms with Gasteiger partial charge in [0, 0.05) is 43.2 Å². The van der Waals surface area contributed by atoms with E-state index in [1.54, 1.807) is 55.5 Å². The van der Waals surface area contributed by atoms with Gasteiger partial charge in [0.1, 0.15) is 0 Å². The van der Waals surface area contributed by atoms with Crippen LogP contribution in [-0.2, 0) is 21.3 Å². The van der Waals surface area contributed by atoms with Crippen molar-refractivity contribution in [2.45, 2.75) is 40.2 Å². The fourth-order valence-electron chi connectivity index (χ4n) is 5.42. The molecule has 0 fully saturated rings. The molecular formula is C38H41N5O6S. The molecule has 4 aromatic rings. The molecule has 0 spiro atoms. The number of rotatable bonds is 13. The lowest BCUT2D eigenvalue weighted by atomic mass is 10.1. The Hall–Kier alpha value is -5.49. The number of carbonyl (C=O) groups is 2. The molecule has 5 rings (SSSR count). The van der Waals surface area contributed by atoms with E-state index in [-0.39, 0.29) is 22.8 Å². The molecule has 3 aromatic carbocycles. The molecule has 0 saturated carbocycles. The Balaban J connectivity index is 1.40. The van der Waals surface area contributed by atoms with Gasteiger partial charge in [0.25, 0.3) is 21.8 Å². The van der Waals surface area contributed by atoms with Gasteiger partial charge in [0.15, 0.2) is 0 Å². The molecule has 0 bridgehead atoms. The topological polar surface area (TPSA) is 144 Å². The predicted molar refractivity (Wildman–Crippen MR) is 195 cm³/mol. The standard InChI is InChI=1S/C38H41N5O6S/c1-25(2)20-21-43(4)33-19-18-27(23-32(33)39-24-30-13-9-10-16-31(30)38(45)48-5)35-40-37(49-41-35)29-15-11-14-28(22-29)36(44)42-50(46,47)34-17-8-6-7-12-26(34)3/h6-16,18-19,22-23,25,39H,17,20-21,24H2,1-5H3,(H,42,44). The first-order valence-electron chi connectivity index (χ1n) is 16.3. The number of carbonyl (C=O) groups excluding carboxylic acids is 2. The number of methoxy groups -OCH3 is 1. The van der Waals surface area contributed by atoms with Gasteiger partial charge in [-0.1, -0.05) is 67.6 Å². The monoisotopic (exact) mass is 695 g/mol. The fourth-order valence-corrected chi connectivity index (χ4v) is 6.71. The first kappa shape index (κ1) is 35.8. The summed E-state index contributed by atoms with van der Waals surface area (Å²) in [6.07, 6.45) is 8.12. The van der Waals surface area contributed by atoms with Crippen molar-refractivity contribution < 1.29 is 27.3 Å². The third-order valence-electron chi connectivity index (χ3n) is 8.29. The number of hydrogen-bond acceptors (Lipinski definition) is 10. The van der Waals surface area contributed by atoms with Gasteiger partial charge in [-0.3, -0.25) is 4.79 Å². The summed E-state index contributed by atoms with van der Waals surface area (Å²) < 4.78 is 38.9. The van der Waals surface area contributed by atoms with Crippen molar-refractivity contribution in [1.29, 1.82) is 0 Å². The molecule has 0 unspecified atom stereocenters. The SMILES string of the molecule is COC(=O)c1ccccc1CNc1cc(-c2noc(-c3cccc(C(=O)NS(=O)(=O)C4=C(C)C=CC=CC4)c3)n2)ccc1N(C)CCC(C)C. The Kier molecular flexibility index (Phi) is 11.3. The van der Waals surface area contributed by atoms with Crippen LogP contribution in [-0.4, -0.2) is 51.1 Å². The Morgan fingerprint density at radius 1 is 1.02 bits per heavy atom. The summed E-state index contributed by atoms with van der Waals surface area (Å²) in [6.45, 7) is 7.27. The molecular weight excluding hydrogens is 655 g/mol. The Morgan fingerprint density at radius 3 is 2.60 bits per heavy atom. The maximum absolute atomic E-state index is 13.1. The third kappa shape index (κ3) is 8.56. The second-order valence-corrected chi connectivity index (χ2v) is 14.1. The molecule has 0 atom stereocenters. The second-order valence-electron chi connectivity index (χ2n) is 12.4. The van der Waals surface area contributed by atoms with Crippen molar-refractivity contribution in [2.75, 3.05) is 30.9 Å². The first-order valence-corrected chi connectivity index (χ1v) is 17.7. The highest BCUT2D eigenvalue weighted by molar-refractivity contribution is 7.94. The lowest BCUT2D eigenvalue weighted by Gasteiger charge is -2.24. The fraction of sp³-hybridized carbons (Fsp3) is 0.263. The van der Waals surface area contributed by atoms with E-state index in [4.69, 9.17) is 9.26 Å². The zero-order valence-electron chi connectivity index (χ0n) is 28.8. The number of allylic oxidation sites excluding steroid dienone is 6. The van der Waals surface area contributed by atoms with Crippen LogP contribution in [0.2, 0.25) is 0 Å². The number of sulfonamides is 1. The number of aromatic nitrogens is 2. The molecule has 12 heteroatoms. The number of benzene rings is 3. The number of esters is 1. The van der Waals surface area contributed by atoms with E-state index < -0.39 is 21.9 Å². The summed E-state index contributed by atoms with van der Waals surface area (Å²) in [4.78, 5) is 32.4. The summed E-state index contributed by atoms with van der Waals surface area (Å²) in [5.74, 6) is -0.163. The largest absolute Gasteiger partial charge is 0.465 e. The molecule has 0 radical (unpaired) electrons. The molecule has 50 heavy (non-hydrogen) atoms. The van der Waals surface area contributed by atoms with Gasteiger partial charge in [-0.25, -0.2) is 17.9 Å². The minimum Gasteiger partial charge on any atom is -0.465 e. The van der Waals surface area contributed by atoms with Crippen molar-refractivity contribution in [1.82, 2.24) is 14.9 Å². The second kappa shape index (κ2) is 15.8. The lowest BCUT2D eigenvalue weighted by Crippen LogP contribution is -2.31. The van der Waals surface area contributed by atoms with Crippen LogP contribution in [0.5, 0.6) is 0 Å². The summed E-state index contributed by atoms with van der Waals surface area (Å²) in [7, 11) is -0.674. The van der Waals surface area contributed by atoms with Crippen LogP contribution >= 0.6 is 0 Å². The molecule has 260 valence electrons. The maximum atomic E-state index is 13.1. The molecule has 11 nitrogen and oxygen atoms in total. The number of hydrogen-bond donors (Lipinski definition) is 2. The van der Waals surface area contributed by atoms with E-state index in [1.165, 1.54) is 19.2 Å². The zero-order valence-corrected chi connectivity index (χ0v) is 29.6. The minimum absolute atomic E-state index is 0.122. The lowest BCUT2D eigenvalue weighted by molar-refractivity contribution is 0.0599. The van der Waals surface area contributed by atoms with E-state index in [0.717, 1.165) is 29.9 Å². The van der Waals surface area contributed by atoms with Crippen molar-refractivity contribution >= 4 is 33.3 Å². The van der Waals surface area contributed by atoms with Gasteiger partial charge in [-0.2, -0.15) is 4.98 Å². The highest BCUT2D eigenvalue weighted by atomic mass is 32.2. The van der Waals surface area contributed by atoms with Crippen LogP contribution < -0.4 is 14.9 Å². The normalized spacial score (nSPS) is 12.9. The van der Waals surface area contributed by atoms with Crippen molar-refractivity contribution in [3.63, 3.8) is 0 Å². The summed E-state index contributed by atoms with van der Waals surface area (Å²) in [5.41, 5.74) is 4.85. The Labute approximate surface area is 292 Å². The van der Waals surface area contributed by atoms with Gasteiger partial charge < -0.3 is 19.5 Å². The summed E-state index contributed by atoms with van der Waals surface area (Å²) in [5, 5.41) is 7.71. The highest BCUT2D eigenvalue weighted by Crippen LogP contribution is 2.32. The molecule has 1 heterocycles. The Bertz CT molecular complexity index is 2080. The van der Waals surface area contributed by atoms with Gasteiger partial charge >= 0.3 is 5.97 Å². The number of ether oxygens (including phenoxy) is 1. The maximum Gasteiger partial charge on any atom is 0.338 e. The van der Waals surface area contributed by atoms with Gasteiger partial charge in [0.2, 0.25) is 5.82 Å². The van der Waals surface area contributed by atoms with Crippen LogP contribution in [0.1, 0.15) is 59.9 Å². The van der Waals surface area contributed by atoms with Crippen LogP contribution in [0.4, 0.5) is 11.4 Å². The van der Waals surface area contributed by atoms with Crippen LogP contribution in [0.15, 0.2) is 106 Å². The molecule has 1 amide bonds. The van der Waals surface area contributed by atoms with Gasteiger partial charge in [-0.05, 0) is 72.9 Å². The van der Waals surface area contributed by atoms with E-state index in [0.29, 0.717) is 40.6 Å². The number of nitrogens with one attached hydrogen (secondary N) is 2. The Morgan fingerprint density at radius 2 is 1.82 bits per heavy atom.